The van der Waals surface area contributed by atoms with Gasteiger partial charge in [0.2, 0.25) is 5.28 Å². The first-order valence-electron chi connectivity index (χ1n) is 9.20. The second-order valence-electron chi connectivity index (χ2n) is 7.17. The first-order valence-corrected chi connectivity index (χ1v) is 9.58. The van der Waals surface area contributed by atoms with Crippen LogP contribution in [0.25, 0.3) is 22.1 Å². The quantitative estimate of drug-likeness (QED) is 0.383. The lowest BCUT2D eigenvalue weighted by Gasteiger charge is -2.11. The van der Waals surface area contributed by atoms with E-state index < -0.39 is 11.2 Å². The summed E-state index contributed by atoms with van der Waals surface area (Å²) < 4.78 is 4.20. The molecule has 8 heteroatoms. The van der Waals surface area contributed by atoms with E-state index in [-0.39, 0.29) is 17.5 Å². The van der Waals surface area contributed by atoms with E-state index in [2.05, 4.69) is 9.97 Å². The molecule has 3 heterocycles. The molecular weight excluding hydrogens is 390 g/mol. The van der Waals surface area contributed by atoms with Crippen molar-refractivity contribution in [1.82, 2.24) is 23.7 Å². The summed E-state index contributed by atoms with van der Waals surface area (Å²) in [7, 11) is 1.59. The van der Waals surface area contributed by atoms with Gasteiger partial charge in [-0.05, 0) is 37.1 Å². The minimum Gasteiger partial charge on any atom is -0.305 e. The minimum atomic E-state index is -0.445. The zero-order valence-electron chi connectivity index (χ0n) is 16.4. The van der Waals surface area contributed by atoms with Crippen molar-refractivity contribution in [3.8, 4) is 0 Å². The fraction of sp³-hybridized carbons (Fsp3) is 0.238. The number of benzene rings is 1. The Balaban J connectivity index is 1.95. The summed E-state index contributed by atoms with van der Waals surface area (Å²) in [6.07, 6.45) is 3.65. The molecule has 0 unspecified atom stereocenters. The van der Waals surface area contributed by atoms with Gasteiger partial charge in [-0.1, -0.05) is 35.9 Å². The number of halogens is 1. The monoisotopic (exact) mass is 409 g/mol. The van der Waals surface area contributed by atoms with E-state index in [1.165, 1.54) is 9.13 Å². The smallest absolute Gasteiger partial charge is 0.305 e. The van der Waals surface area contributed by atoms with Crippen molar-refractivity contribution in [1.29, 1.82) is 0 Å². The summed E-state index contributed by atoms with van der Waals surface area (Å²) in [6.45, 7) is 4.45. The highest BCUT2D eigenvalue weighted by atomic mass is 35.5. The van der Waals surface area contributed by atoms with Crippen LogP contribution in [0.15, 0.2) is 57.8 Å². The molecule has 3 aromatic heterocycles. The average molecular weight is 410 g/mol. The molecule has 0 N–H and O–H groups in total. The van der Waals surface area contributed by atoms with Crippen molar-refractivity contribution in [2.75, 3.05) is 0 Å². The highest BCUT2D eigenvalue weighted by molar-refractivity contribution is 6.29. The highest BCUT2D eigenvalue weighted by Crippen LogP contribution is 2.18. The molecule has 1 aromatic carbocycles. The van der Waals surface area contributed by atoms with Gasteiger partial charge < -0.3 is 4.57 Å². The summed E-state index contributed by atoms with van der Waals surface area (Å²) in [4.78, 5) is 34.9. The van der Waals surface area contributed by atoms with E-state index >= 15 is 0 Å². The van der Waals surface area contributed by atoms with Gasteiger partial charge in [-0.3, -0.25) is 18.9 Å². The van der Waals surface area contributed by atoms with Gasteiger partial charge in [0, 0.05) is 25.2 Å². The van der Waals surface area contributed by atoms with Gasteiger partial charge in [0.15, 0.2) is 11.2 Å². The molecule has 0 bridgehead atoms. The molecule has 0 amide bonds. The van der Waals surface area contributed by atoms with Gasteiger partial charge in [0.05, 0.1) is 12.1 Å². The first-order chi connectivity index (χ1) is 13.9. The van der Waals surface area contributed by atoms with Crippen LogP contribution in [0.3, 0.4) is 0 Å². The lowest BCUT2D eigenvalue weighted by molar-refractivity contribution is 0.655. The van der Waals surface area contributed by atoms with Gasteiger partial charge in [-0.15, -0.1) is 0 Å². The normalized spacial score (nSPS) is 11.3. The molecule has 7 nitrogen and oxygen atoms in total. The summed E-state index contributed by atoms with van der Waals surface area (Å²) in [6, 6.07) is 9.52. The van der Waals surface area contributed by atoms with E-state index in [1.54, 1.807) is 17.8 Å². The summed E-state index contributed by atoms with van der Waals surface area (Å²) in [5.41, 5.74) is 2.37. The largest absolute Gasteiger partial charge is 0.332 e. The maximum atomic E-state index is 13.3. The van der Waals surface area contributed by atoms with Crippen LogP contribution >= 0.6 is 11.6 Å². The van der Waals surface area contributed by atoms with Crippen molar-refractivity contribution < 1.29 is 0 Å². The highest BCUT2D eigenvalue weighted by Gasteiger charge is 2.19. The predicted molar refractivity (Wildman–Crippen MR) is 115 cm³/mol. The number of hydrogen-bond acceptors (Lipinski definition) is 4. The molecule has 0 atom stereocenters. The van der Waals surface area contributed by atoms with E-state index in [9.17, 15) is 9.59 Å². The minimum absolute atomic E-state index is 0.112. The number of pyridine rings is 1. The van der Waals surface area contributed by atoms with Gasteiger partial charge >= 0.3 is 5.69 Å². The number of imidazole rings is 1. The zero-order valence-corrected chi connectivity index (χ0v) is 17.1. The number of nitrogens with zero attached hydrogens (tertiary/aromatic N) is 5. The maximum absolute atomic E-state index is 13.3. The Morgan fingerprint density at radius 2 is 1.90 bits per heavy atom. The van der Waals surface area contributed by atoms with Crippen LogP contribution in [-0.4, -0.2) is 23.7 Å². The number of aromatic nitrogens is 5. The average Bonchev–Trinajstić information content (AvgIpc) is 3.04. The molecule has 0 spiro atoms. The lowest BCUT2D eigenvalue weighted by Crippen LogP contribution is -2.40. The molecule has 4 aromatic rings. The Kier molecular flexibility index (Phi) is 4.84. The van der Waals surface area contributed by atoms with Crippen LogP contribution in [0.5, 0.6) is 0 Å². The summed E-state index contributed by atoms with van der Waals surface area (Å²) in [5, 5.41) is 1.13. The molecule has 0 aliphatic carbocycles. The van der Waals surface area contributed by atoms with Crippen LogP contribution in [0.2, 0.25) is 5.28 Å². The van der Waals surface area contributed by atoms with Gasteiger partial charge in [-0.2, -0.15) is 4.98 Å². The molecule has 0 radical (unpaired) electrons. The van der Waals surface area contributed by atoms with Gasteiger partial charge in [0.1, 0.15) is 0 Å². The molecule has 29 heavy (non-hydrogen) atoms. The molecule has 0 saturated heterocycles. The number of rotatable bonds is 4. The Morgan fingerprint density at radius 1 is 1.14 bits per heavy atom. The van der Waals surface area contributed by atoms with Crippen molar-refractivity contribution >= 4 is 33.7 Å². The van der Waals surface area contributed by atoms with Crippen molar-refractivity contribution in [2.45, 2.75) is 26.9 Å². The Hall–Kier alpha value is -3.19. The predicted octanol–water partition coefficient (Wildman–Crippen LogP) is 3.11. The third-order valence-corrected chi connectivity index (χ3v) is 5.20. The number of fused-ring (bicyclic) bond motifs is 2. The molecule has 4 rings (SSSR count). The summed E-state index contributed by atoms with van der Waals surface area (Å²) >= 11 is 6.29. The number of aryl methyl sites for hydroxylation is 1. The van der Waals surface area contributed by atoms with Gasteiger partial charge in [-0.25, -0.2) is 4.79 Å². The Bertz CT molecular complexity index is 1380. The standard InChI is InChI=1S/C21H20ClN5O2/c1-13(2)9-11-26-17-18(24-20(26)22)25(3)21(29)27(19(17)28)12-15-7-4-6-14-8-5-10-23-16(14)15/h4-10H,11-12H2,1-3H3. The number of allylic oxidation sites excluding steroid dienone is 2. The van der Waals surface area contributed by atoms with Crippen LogP contribution in [-0.2, 0) is 20.1 Å². The van der Waals surface area contributed by atoms with Crippen LogP contribution < -0.4 is 11.2 Å². The van der Waals surface area contributed by atoms with Crippen LogP contribution in [0.1, 0.15) is 19.4 Å². The second kappa shape index (κ2) is 7.33. The number of para-hydroxylation sites is 1. The maximum Gasteiger partial charge on any atom is 0.332 e. The fourth-order valence-corrected chi connectivity index (χ4v) is 3.62. The lowest BCUT2D eigenvalue weighted by atomic mass is 10.1. The molecule has 0 aliphatic heterocycles. The van der Waals surface area contributed by atoms with Gasteiger partial charge in [0.25, 0.3) is 5.56 Å². The number of hydrogen-bond donors (Lipinski definition) is 0. The Morgan fingerprint density at radius 3 is 2.66 bits per heavy atom. The van der Waals surface area contributed by atoms with Crippen molar-refractivity contribution in [2.24, 2.45) is 7.05 Å². The van der Waals surface area contributed by atoms with Crippen LogP contribution in [0.4, 0.5) is 0 Å². The molecule has 0 saturated carbocycles. The zero-order chi connectivity index (χ0) is 20.7. The third-order valence-electron chi connectivity index (χ3n) is 4.91. The first kappa shape index (κ1) is 19.1. The Labute approximate surface area is 171 Å². The second-order valence-corrected chi connectivity index (χ2v) is 7.51. The SMILES string of the molecule is CC(C)=CCn1c(Cl)nc2c1c(=O)n(Cc1cccc3cccnc13)c(=O)n2C. The van der Waals surface area contributed by atoms with E-state index in [0.717, 1.165) is 22.0 Å². The summed E-state index contributed by atoms with van der Waals surface area (Å²) in [5.74, 6) is 0. The molecule has 148 valence electrons. The van der Waals surface area contributed by atoms with Crippen LogP contribution in [0, 0.1) is 0 Å². The molecule has 0 aliphatic rings. The van der Waals surface area contributed by atoms with Crippen molar-refractivity contribution in [3.63, 3.8) is 0 Å². The third kappa shape index (κ3) is 3.27. The fourth-order valence-electron chi connectivity index (χ4n) is 3.39. The van der Waals surface area contributed by atoms with Crippen molar-refractivity contribution in [3.05, 3.63) is 79.9 Å². The van der Waals surface area contributed by atoms with E-state index in [4.69, 9.17) is 11.6 Å². The van der Waals surface area contributed by atoms with E-state index in [1.807, 2.05) is 50.3 Å². The molecular formula is C21H20ClN5O2. The van der Waals surface area contributed by atoms with E-state index in [0.29, 0.717) is 12.1 Å². The molecule has 0 fully saturated rings. The topological polar surface area (TPSA) is 74.7 Å².